The highest BCUT2D eigenvalue weighted by Gasteiger charge is 2.08. The molecule has 0 saturated carbocycles. The lowest BCUT2D eigenvalue weighted by molar-refractivity contribution is 0.289. The van der Waals surface area contributed by atoms with E-state index in [9.17, 15) is 0 Å². The Labute approximate surface area is 132 Å². The molecule has 0 bridgehead atoms. The highest BCUT2D eigenvalue weighted by Crippen LogP contribution is 2.09. The van der Waals surface area contributed by atoms with Crippen LogP contribution in [-0.2, 0) is 6.54 Å². The van der Waals surface area contributed by atoms with Gasteiger partial charge in [-0.25, -0.2) is 4.99 Å². The zero-order valence-corrected chi connectivity index (χ0v) is 13.9. The molecule has 0 atom stereocenters. The van der Waals surface area contributed by atoms with Crippen LogP contribution in [0.1, 0.15) is 38.2 Å². The van der Waals surface area contributed by atoms with Gasteiger partial charge in [0.25, 0.3) is 0 Å². The smallest absolute Gasteiger partial charge is 0.191 e. The van der Waals surface area contributed by atoms with Gasteiger partial charge >= 0.3 is 0 Å². The molecule has 2 rings (SSSR count). The van der Waals surface area contributed by atoms with E-state index in [2.05, 4.69) is 44.3 Å². The SMILES string of the molecule is CCNC(=NCc1ccsc1)NCCN1CCCCCC1. The summed E-state index contributed by atoms with van der Waals surface area (Å²) in [7, 11) is 0. The van der Waals surface area contributed by atoms with Gasteiger partial charge in [-0.3, -0.25) is 0 Å². The Hall–Kier alpha value is -1.07. The summed E-state index contributed by atoms with van der Waals surface area (Å²) >= 11 is 1.73. The van der Waals surface area contributed by atoms with Crippen LogP contribution < -0.4 is 10.6 Å². The number of hydrogen-bond acceptors (Lipinski definition) is 3. The minimum atomic E-state index is 0.753. The second kappa shape index (κ2) is 9.79. The number of guanidine groups is 1. The van der Waals surface area contributed by atoms with Gasteiger partial charge in [0.1, 0.15) is 0 Å². The zero-order chi connectivity index (χ0) is 14.8. The van der Waals surface area contributed by atoms with E-state index in [1.165, 1.54) is 44.3 Å². The Morgan fingerprint density at radius 2 is 2.05 bits per heavy atom. The van der Waals surface area contributed by atoms with E-state index in [0.717, 1.165) is 32.1 Å². The number of thiophene rings is 1. The average Bonchev–Trinajstić information content (AvgIpc) is 2.88. The van der Waals surface area contributed by atoms with Crippen LogP contribution in [0.4, 0.5) is 0 Å². The van der Waals surface area contributed by atoms with Gasteiger partial charge in [-0.2, -0.15) is 11.3 Å². The Morgan fingerprint density at radius 1 is 1.24 bits per heavy atom. The Balaban J connectivity index is 1.72. The molecule has 2 heterocycles. The first kappa shape index (κ1) is 16.3. The molecule has 4 nitrogen and oxygen atoms in total. The van der Waals surface area contributed by atoms with Gasteiger partial charge in [0.15, 0.2) is 5.96 Å². The van der Waals surface area contributed by atoms with E-state index in [1.807, 2.05) is 0 Å². The Kier molecular flexibility index (Phi) is 7.60. The summed E-state index contributed by atoms with van der Waals surface area (Å²) in [6.07, 6.45) is 5.50. The van der Waals surface area contributed by atoms with Crippen LogP contribution in [0.25, 0.3) is 0 Å². The van der Waals surface area contributed by atoms with Crippen molar-refractivity contribution in [1.29, 1.82) is 0 Å². The zero-order valence-electron chi connectivity index (χ0n) is 13.1. The first-order valence-corrected chi connectivity index (χ1v) is 9.08. The van der Waals surface area contributed by atoms with Crippen molar-refractivity contribution in [3.8, 4) is 0 Å². The van der Waals surface area contributed by atoms with Gasteiger partial charge in [-0.05, 0) is 55.2 Å². The van der Waals surface area contributed by atoms with E-state index >= 15 is 0 Å². The molecule has 1 aromatic heterocycles. The molecule has 0 amide bonds. The molecule has 2 N–H and O–H groups in total. The monoisotopic (exact) mass is 308 g/mol. The molecule has 1 aromatic rings. The van der Waals surface area contributed by atoms with Crippen molar-refractivity contribution in [1.82, 2.24) is 15.5 Å². The van der Waals surface area contributed by atoms with Crippen molar-refractivity contribution < 1.29 is 0 Å². The molecule has 0 aliphatic carbocycles. The topological polar surface area (TPSA) is 39.7 Å². The van der Waals surface area contributed by atoms with Crippen molar-refractivity contribution in [2.45, 2.75) is 39.2 Å². The number of aliphatic imine (C=N–C) groups is 1. The standard InChI is InChI=1S/C16H28N4S/c1-2-17-16(19-13-15-7-12-21-14-15)18-8-11-20-9-5-3-4-6-10-20/h7,12,14H,2-6,8-11,13H2,1H3,(H2,17,18,19). The first-order valence-electron chi connectivity index (χ1n) is 8.14. The van der Waals surface area contributed by atoms with E-state index in [0.29, 0.717) is 0 Å². The lowest BCUT2D eigenvalue weighted by Crippen LogP contribution is -2.41. The van der Waals surface area contributed by atoms with Crippen molar-refractivity contribution in [2.24, 2.45) is 4.99 Å². The van der Waals surface area contributed by atoms with E-state index in [1.54, 1.807) is 11.3 Å². The second-order valence-corrected chi connectivity index (χ2v) is 6.29. The van der Waals surface area contributed by atoms with Gasteiger partial charge in [-0.1, -0.05) is 12.8 Å². The normalized spacial score (nSPS) is 17.5. The largest absolute Gasteiger partial charge is 0.357 e. The number of hydrogen-bond donors (Lipinski definition) is 2. The summed E-state index contributed by atoms with van der Waals surface area (Å²) in [5, 5.41) is 11.0. The third kappa shape index (κ3) is 6.48. The lowest BCUT2D eigenvalue weighted by atomic mass is 10.2. The van der Waals surface area contributed by atoms with Crippen molar-refractivity contribution >= 4 is 17.3 Å². The third-order valence-electron chi connectivity index (χ3n) is 3.76. The minimum Gasteiger partial charge on any atom is -0.357 e. The van der Waals surface area contributed by atoms with Crippen LogP contribution in [0.3, 0.4) is 0 Å². The van der Waals surface area contributed by atoms with Gasteiger partial charge in [0.2, 0.25) is 0 Å². The molecule has 5 heteroatoms. The number of nitrogens with zero attached hydrogens (tertiary/aromatic N) is 2. The fourth-order valence-electron chi connectivity index (χ4n) is 2.59. The van der Waals surface area contributed by atoms with Crippen LogP contribution in [0.15, 0.2) is 21.8 Å². The molecule has 1 saturated heterocycles. The molecule has 0 aromatic carbocycles. The lowest BCUT2D eigenvalue weighted by Gasteiger charge is -2.20. The summed E-state index contributed by atoms with van der Waals surface area (Å²) in [6, 6.07) is 2.13. The summed E-state index contributed by atoms with van der Waals surface area (Å²) in [4.78, 5) is 7.21. The average molecular weight is 308 g/mol. The molecule has 1 fully saturated rings. The molecule has 0 unspecified atom stereocenters. The molecular formula is C16H28N4S. The minimum absolute atomic E-state index is 0.753. The molecule has 1 aliphatic heterocycles. The highest BCUT2D eigenvalue weighted by molar-refractivity contribution is 7.07. The maximum Gasteiger partial charge on any atom is 0.191 e. The highest BCUT2D eigenvalue weighted by atomic mass is 32.1. The molecular weight excluding hydrogens is 280 g/mol. The van der Waals surface area contributed by atoms with Gasteiger partial charge in [-0.15, -0.1) is 0 Å². The summed E-state index contributed by atoms with van der Waals surface area (Å²) < 4.78 is 0. The van der Waals surface area contributed by atoms with Crippen molar-refractivity contribution in [2.75, 3.05) is 32.7 Å². The molecule has 21 heavy (non-hydrogen) atoms. The predicted octanol–water partition coefficient (Wildman–Crippen LogP) is 2.68. The van der Waals surface area contributed by atoms with Crippen LogP contribution in [0, 0.1) is 0 Å². The van der Waals surface area contributed by atoms with E-state index in [-0.39, 0.29) is 0 Å². The molecule has 0 spiro atoms. The third-order valence-corrected chi connectivity index (χ3v) is 4.50. The number of rotatable bonds is 6. The first-order chi connectivity index (χ1) is 10.4. The summed E-state index contributed by atoms with van der Waals surface area (Å²) in [5.74, 6) is 0.929. The number of likely N-dealkylation sites (tertiary alicyclic amines) is 1. The van der Waals surface area contributed by atoms with E-state index in [4.69, 9.17) is 0 Å². The van der Waals surface area contributed by atoms with Gasteiger partial charge in [0.05, 0.1) is 6.54 Å². The van der Waals surface area contributed by atoms with Crippen LogP contribution in [-0.4, -0.2) is 43.6 Å². The predicted molar refractivity (Wildman–Crippen MR) is 92.0 cm³/mol. The molecule has 118 valence electrons. The molecule has 1 aliphatic rings. The Morgan fingerprint density at radius 3 is 2.71 bits per heavy atom. The van der Waals surface area contributed by atoms with Crippen LogP contribution in [0.5, 0.6) is 0 Å². The second-order valence-electron chi connectivity index (χ2n) is 5.51. The fraction of sp³-hybridized carbons (Fsp3) is 0.688. The maximum atomic E-state index is 4.64. The number of nitrogens with one attached hydrogen (secondary N) is 2. The van der Waals surface area contributed by atoms with Crippen LogP contribution >= 0.6 is 11.3 Å². The maximum absolute atomic E-state index is 4.64. The summed E-state index contributed by atoms with van der Waals surface area (Å²) in [6.45, 7) is 8.35. The summed E-state index contributed by atoms with van der Waals surface area (Å²) in [5.41, 5.74) is 1.28. The van der Waals surface area contributed by atoms with Crippen LogP contribution in [0.2, 0.25) is 0 Å². The van der Waals surface area contributed by atoms with Crippen molar-refractivity contribution in [3.63, 3.8) is 0 Å². The van der Waals surface area contributed by atoms with Gasteiger partial charge in [0, 0.05) is 19.6 Å². The van der Waals surface area contributed by atoms with E-state index < -0.39 is 0 Å². The van der Waals surface area contributed by atoms with Crippen molar-refractivity contribution in [3.05, 3.63) is 22.4 Å². The van der Waals surface area contributed by atoms with Gasteiger partial charge < -0.3 is 15.5 Å². The Bertz CT molecular complexity index is 394. The molecule has 0 radical (unpaired) electrons. The quantitative estimate of drug-likeness (QED) is 0.627. The fourth-order valence-corrected chi connectivity index (χ4v) is 3.25.